The van der Waals surface area contributed by atoms with Crippen LogP contribution in [0, 0.1) is 6.92 Å². The third-order valence-electron chi connectivity index (χ3n) is 3.80. The Morgan fingerprint density at radius 1 is 1.42 bits per heavy atom. The highest BCUT2D eigenvalue weighted by Crippen LogP contribution is 2.26. The van der Waals surface area contributed by atoms with Crippen molar-refractivity contribution in [2.75, 3.05) is 7.11 Å². The molecule has 0 unspecified atom stereocenters. The summed E-state index contributed by atoms with van der Waals surface area (Å²) in [6, 6.07) is 7.51. The molecule has 7 heteroatoms. The number of methoxy groups -OCH3 is 1. The van der Waals surface area contributed by atoms with Crippen LogP contribution in [0.3, 0.4) is 0 Å². The lowest BCUT2D eigenvalue weighted by Gasteiger charge is -2.06. The summed E-state index contributed by atoms with van der Waals surface area (Å²) >= 11 is 1.24. The van der Waals surface area contributed by atoms with Gasteiger partial charge in [0.05, 0.1) is 23.7 Å². The van der Waals surface area contributed by atoms with Gasteiger partial charge in [0.2, 0.25) is 0 Å². The number of hydrogen-bond acceptors (Lipinski definition) is 5. The van der Waals surface area contributed by atoms with E-state index in [2.05, 4.69) is 10.3 Å². The standard InChI is InChI=1S/C17H17N3O3S/c1-10-13-16(19-9-20(2)17(13)22)24-14(10)15(21)18-8-11-5-4-6-12(7-11)23-3/h4-7,9H,8H2,1-3H3,(H,18,21). The molecule has 0 aliphatic rings. The molecule has 0 radical (unpaired) electrons. The molecule has 0 bridgehead atoms. The normalized spacial score (nSPS) is 10.8. The van der Waals surface area contributed by atoms with E-state index < -0.39 is 0 Å². The minimum Gasteiger partial charge on any atom is -0.497 e. The van der Waals surface area contributed by atoms with Gasteiger partial charge in [-0.15, -0.1) is 11.3 Å². The maximum Gasteiger partial charge on any atom is 0.262 e. The van der Waals surface area contributed by atoms with Crippen molar-refractivity contribution in [3.8, 4) is 5.75 Å². The maximum absolute atomic E-state index is 12.5. The second-order valence-corrected chi connectivity index (χ2v) is 6.43. The molecule has 1 N–H and O–H groups in total. The Hall–Kier alpha value is -2.67. The Balaban J connectivity index is 1.85. The van der Waals surface area contributed by atoms with Gasteiger partial charge in [-0.3, -0.25) is 9.59 Å². The Labute approximate surface area is 142 Å². The van der Waals surface area contributed by atoms with Gasteiger partial charge in [-0.1, -0.05) is 12.1 Å². The van der Waals surface area contributed by atoms with Crippen molar-refractivity contribution in [1.29, 1.82) is 0 Å². The van der Waals surface area contributed by atoms with Gasteiger partial charge in [0, 0.05) is 13.6 Å². The number of amides is 1. The van der Waals surface area contributed by atoms with Crippen LogP contribution >= 0.6 is 11.3 Å². The van der Waals surface area contributed by atoms with Crippen LogP contribution in [0.25, 0.3) is 10.2 Å². The number of carbonyl (C=O) groups is 1. The monoisotopic (exact) mass is 343 g/mol. The molecule has 0 spiro atoms. The first-order valence-corrected chi connectivity index (χ1v) is 8.18. The quantitative estimate of drug-likeness (QED) is 0.788. The van der Waals surface area contributed by atoms with Crippen LogP contribution in [-0.4, -0.2) is 22.6 Å². The van der Waals surface area contributed by atoms with E-state index in [9.17, 15) is 9.59 Å². The molecule has 2 aromatic heterocycles. The van der Waals surface area contributed by atoms with Crippen LogP contribution in [0.4, 0.5) is 0 Å². The lowest BCUT2D eigenvalue weighted by atomic mass is 10.2. The summed E-state index contributed by atoms with van der Waals surface area (Å²) in [5.41, 5.74) is 1.47. The number of nitrogens with zero attached hydrogens (tertiary/aromatic N) is 2. The average Bonchev–Trinajstić information content (AvgIpc) is 2.93. The predicted molar refractivity (Wildman–Crippen MR) is 93.8 cm³/mol. The minimum absolute atomic E-state index is 0.138. The number of benzene rings is 1. The second-order valence-electron chi connectivity index (χ2n) is 5.43. The van der Waals surface area contributed by atoms with E-state index in [1.54, 1.807) is 21.1 Å². The van der Waals surface area contributed by atoms with E-state index in [1.165, 1.54) is 22.2 Å². The summed E-state index contributed by atoms with van der Waals surface area (Å²) < 4.78 is 6.59. The number of nitrogens with one attached hydrogen (secondary N) is 1. The summed E-state index contributed by atoms with van der Waals surface area (Å²) in [5.74, 6) is 0.535. The molecule has 1 amide bonds. The van der Waals surface area contributed by atoms with Gasteiger partial charge < -0.3 is 14.6 Å². The van der Waals surface area contributed by atoms with Crippen LogP contribution in [0.5, 0.6) is 5.75 Å². The zero-order chi connectivity index (χ0) is 17.3. The number of thiophene rings is 1. The van der Waals surface area contributed by atoms with E-state index in [-0.39, 0.29) is 11.5 Å². The molecule has 3 rings (SSSR count). The summed E-state index contributed by atoms with van der Waals surface area (Å²) in [6.45, 7) is 2.16. The Morgan fingerprint density at radius 2 is 2.21 bits per heavy atom. The number of hydrogen-bond donors (Lipinski definition) is 1. The summed E-state index contributed by atoms with van der Waals surface area (Å²) in [7, 11) is 3.25. The van der Waals surface area contributed by atoms with Crippen LogP contribution in [-0.2, 0) is 13.6 Å². The predicted octanol–water partition coefficient (Wildman–Crippen LogP) is 2.24. The number of aromatic nitrogens is 2. The van der Waals surface area contributed by atoms with E-state index >= 15 is 0 Å². The third kappa shape index (κ3) is 2.90. The van der Waals surface area contributed by atoms with Crippen LogP contribution < -0.4 is 15.6 Å². The minimum atomic E-state index is -0.208. The average molecular weight is 343 g/mol. The fraction of sp³-hybridized carbons (Fsp3) is 0.235. The molecular weight excluding hydrogens is 326 g/mol. The zero-order valence-corrected chi connectivity index (χ0v) is 14.4. The van der Waals surface area contributed by atoms with Crippen molar-refractivity contribution >= 4 is 27.5 Å². The number of fused-ring (bicyclic) bond motifs is 1. The fourth-order valence-electron chi connectivity index (χ4n) is 2.47. The number of aryl methyl sites for hydroxylation is 2. The molecule has 0 saturated carbocycles. The first-order chi connectivity index (χ1) is 11.5. The maximum atomic E-state index is 12.5. The van der Waals surface area contributed by atoms with E-state index in [1.807, 2.05) is 24.3 Å². The largest absolute Gasteiger partial charge is 0.497 e. The molecule has 3 aromatic rings. The molecule has 0 aliphatic carbocycles. The van der Waals surface area contributed by atoms with Crippen LogP contribution in [0.1, 0.15) is 20.8 Å². The molecule has 0 atom stereocenters. The van der Waals surface area contributed by atoms with Crippen LogP contribution in [0.2, 0.25) is 0 Å². The second kappa shape index (κ2) is 6.45. The number of rotatable bonds is 4. The van der Waals surface area contributed by atoms with Crippen molar-refractivity contribution in [1.82, 2.24) is 14.9 Å². The molecule has 6 nitrogen and oxygen atoms in total. The van der Waals surface area contributed by atoms with E-state index in [0.29, 0.717) is 27.2 Å². The molecule has 124 valence electrons. The lowest BCUT2D eigenvalue weighted by Crippen LogP contribution is -2.22. The molecule has 0 fully saturated rings. The topological polar surface area (TPSA) is 73.2 Å². The van der Waals surface area contributed by atoms with Gasteiger partial charge >= 0.3 is 0 Å². The Bertz CT molecular complexity index is 975. The van der Waals surface area contributed by atoms with Crippen molar-refractivity contribution in [2.24, 2.45) is 7.05 Å². The fourth-order valence-corrected chi connectivity index (χ4v) is 3.53. The van der Waals surface area contributed by atoms with Gasteiger partial charge in [0.25, 0.3) is 11.5 Å². The van der Waals surface area contributed by atoms with Gasteiger partial charge in [0.15, 0.2) is 0 Å². The number of ether oxygens (including phenoxy) is 1. The van der Waals surface area contributed by atoms with Gasteiger partial charge in [0.1, 0.15) is 10.6 Å². The Morgan fingerprint density at radius 3 is 2.96 bits per heavy atom. The first-order valence-electron chi connectivity index (χ1n) is 7.37. The van der Waals surface area contributed by atoms with Gasteiger partial charge in [-0.2, -0.15) is 0 Å². The van der Waals surface area contributed by atoms with Crippen LogP contribution in [0.15, 0.2) is 35.4 Å². The smallest absolute Gasteiger partial charge is 0.262 e. The zero-order valence-electron chi connectivity index (χ0n) is 13.6. The molecule has 24 heavy (non-hydrogen) atoms. The Kier molecular flexibility index (Phi) is 4.35. The first kappa shape index (κ1) is 16.2. The highest BCUT2D eigenvalue weighted by Gasteiger charge is 2.18. The lowest BCUT2D eigenvalue weighted by molar-refractivity contribution is 0.0954. The number of carbonyl (C=O) groups excluding carboxylic acids is 1. The SMILES string of the molecule is COc1cccc(CNC(=O)c2sc3ncn(C)c(=O)c3c2C)c1. The highest BCUT2D eigenvalue weighted by molar-refractivity contribution is 7.20. The van der Waals surface area contributed by atoms with Crippen molar-refractivity contribution in [3.05, 3.63) is 57.0 Å². The molecule has 0 aliphatic heterocycles. The molecule has 1 aromatic carbocycles. The van der Waals surface area contributed by atoms with Crippen molar-refractivity contribution in [2.45, 2.75) is 13.5 Å². The molecule has 2 heterocycles. The highest BCUT2D eigenvalue weighted by atomic mass is 32.1. The molecular formula is C17H17N3O3S. The molecule has 0 saturated heterocycles. The van der Waals surface area contributed by atoms with Gasteiger partial charge in [-0.05, 0) is 30.2 Å². The summed E-state index contributed by atoms with van der Waals surface area (Å²) in [6.07, 6.45) is 1.47. The third-order valence-corrected chi connectivity index (χ3v) is 5.00. The summed E-state index contributed by atoms with van der Waals surface area (Å²) in [4.78, 5) is 30.0. The van der Waals surface area contributed by atoms with Crippen molar-refractivity contribution in [3.63, 3.8) is 0 Å². The van der Waals surface area contributed by atoms with E-state index in [0.717, 1.165) is 11.3 Å². The van der Waals surface area contributed by atoms with E-state index in [4.69, 9.17) is 4.74 Å². The summed E-state index contributed by atoms with van der Waals surface area (Å²) in [5, 5.41) is 3.39. The van der Waals surface area contributed by atoms with Gasteiger partial charge in [-0.25, -0.2) is 4.98 Å². The van der Waals surface area contributed by atoms with Crippen molar-refractivity contribution < 1.29 is 9.53 Å².